The summed E-state index contributed by atoms with van der Waals surface area (Å²) >= 11 is 0. The molecule has 0 aliphatic rings. The van der Waals surface area contributed by atoms with Gasteiger partial charge in [0.2, 0.25) is 0 Å². The first-order valence-corrected chi connectivity index (χ1v) is 10.3. The average molecular weight is 396 g/mol. The highest BCUT2D eigenvalue weighted by Gasteiger charge is 2.16. The molecular weight excluding hydrogens is 358 g/mol. The van der Waals surface area contributed by atoms with Crippen molar-refractivity contribution in [2.24, 2.45) is 0 Å². The number of nitrogens with one attached hydrogen (secondary N) is 1. The Hall–Kier alpha value is -1.79. The second-order valence-corrected chi connectivity index (χ2v) is 7.83. The van der Waals surface area contributed by atoms with Crippen LogP contribution in [0.1, 0.15) is 71.5 Å². The normalized spacial score (nSPS) is 12.5. The van der Waals surface area contributed by atoms with Crippen LogP contribution in [0.5, 0.6) is 5.75 Å². The summed E-state index contributed by atoms with van der Waals surface area (Å²) in [6.07, 6.45) is 3.42. The van der Waals surface area contributed by atoms with Gasteiger partial charge in [-0.2, -0.15) is 0 Å². The van der Waals surface area contributed by atoms with E-state index in [0.29, 0.717) is 19.6 Å². The van der Waals surface area contributed by atoms with Gasteiger partial charge in [0.25, 0.3) is 0 Å². The number of benzene rings is 1. The van der Waals surface area contributed by atoms with Gasteiger partial charge in [-0.15, -0.1) is 0 Å². The fraction of sp³-hybridized carbons (Fsp3) is 0.682. The van der Waals surface area contributed by atoms with E-state index in [9.17, 15) is 9.90 Å². The van der Waals surface area contributed by atoms with E-state index in [1.807, 2.05) is 45.0 Å². The highest BCUT2D eigenvalue weighted by atomic mass is 16.6. The lowest BCUT2D eigenvalue weighted by molar-refractivity contribution is 0.0518. The number of rotatable bonds is 13. The van der Waals surface area contributed by atoms with Crippen LogP contribution in [0.4, 0.5) is 4.79 Å². The van der Waals surface area contributed by atoms with Gasteiger partial charge in [-0.3, -0.25) is 0 Å². The smallest absolute Gasteiger partial charge is 0.407 e. The Balaban J connectivity index is 2.26. The van der Waals surface area contributed by atoms with E-state index in [1.54, 1.807) is 0 Å². The molecule has 1 aromatic rings. The van der Waals surface area contributed by atoms with Gasteiger partial charge >= 0.3 is 6.09 Å². The monoisotopic (exact) mass is 395 g/mol. The third kappa shape index (κ3) is 11.8. The molecule has 0 heterocycles. The zero-order chi connectivity index (χ0) is 20.8. The third-order valence-electron chi connectivity index (χ3n) is 3.92. The second kappa shape index (κ2) is 13.4. The summed E-state index contributed by atoms with van der Waals surface area (Å²) in [5.41, 5.74) is 0.238. The van der Waals surface area contributed by atoms with Gasteiger partial charge in [0, 0.05) is 19.8 Å². The van der Waals surface area contributed by atoms with Gasteiger partial charge in [0.1, 0.15) is 11.4 Å². The van der Waals surface area contributed by atoms with Crippen LogP contribution in [0.15, 0.2) is 24.3 Å². The summed E-state index contributed by atoms with van der Waals surface area (Å²) in [6.45, 7) is 10.1. The number of hydrogen-bond acceptors (Lipinski definition) is 5. The summed E-state index contributed by atoms with van der Waals surface area (Å²) in [7, 11) is 0. The van der Waals surface area contributed by atoms with Crippen molar-refractivity contribution < 1.29 is 24.1 Å². The third-order valence-corrected chi connectivity index (χ3v) is 3.92. The molecule has 1 unspecified atom stereocenters. The van der Waals surface area contributed by atoms with E-state index in [4.69, 9.17) is 14.2 Å². The van der Waals surface area contributed by atoms with Crippen LogP contribution in [0.25, 0.3) is 0 Å². The average Bonchev–Trinajstić information content (AvgIpc) is 2.62. The van der Waals surface area contributed by atoms with Crippen LogP contribution in [0.2, 0.25) is 0 Å². The molecule has 2 N–H and O–H groups in total. The number of unbranched alkanes of at least 4 members (excludes halogenated alkanes) is 2. The molecule has 1 aromatic carbocycles. The minimum atomic E-state index is -0.676. The molecule has 0 radical (unpaired) electrons. The van der Waals surface area contributed by atoms with Gasteiger partial charge in [0.15, 0.2) is 0 Å². The number of ether oxygens (including phenoxy) is 3. The predicted molar refractivity (Wildman–Crippen MR) is 111 cm³/mol. The first kappa shape index (κ1) is 24.2. The second-order valence-electron chi connectivity index (χ2n) is 7.83. The molecule has 0 fully saturated rings. The molecule has 0 aliphatic carbocycles. The maximum atomic E-state index is 11.6. The van der Waals surface area contributed by atoms with Gasteiger partial charge in [-0.25, -0.2) is 4.79 Å². The fourth-order valence-electron chi connectivity index (χ4n) is 2.45. The standard InChI is InChI=1S/C22H37NO5/c1-5-6-14-26-15-7-8-16-27-19-11-9-10-18(17-19)20(24)12-13-23-21(25)28-22(2,3)4/h9-11,17,20,24H,5-8,12-16H2,1-4H3,(H,23,25). The molecule has 0 bridgehead atoms. The molecule has 0 saturated carbocycles. The van der Waals surface area contributed by atoms with E-state index in [2.05, 4.69) is 12.2 Å². The number of aliphatic hydroxyl groups excluding tert-OH is 1. The lowest BCUT2D eigenvalue weighted by atomic mass is 10.1. The summed E-state index contributed by atoms with van der Waals surface area (Å²) in [5.74, 6) is 0.739. The SMILES string of the molecule is CCCCOCCCCOc1cccc(C(O)CCNC(=O)OC(C)(C)C)c1. The van der Waals surface area contributed by atoms with Crippen molar-refractivity contribution in [3.05, 3.63) is 29.8 Å². The zero-order valence-corrected chi connectivity index (χ0v) is 17.8. The molecule has 0 spiro atoms. The summed E-state index contributed by atoms with van der Waals surface area (Å²) in [4.78, 5) is 11.6. The molecule has 1 rings (SSSR count). The van der Waals surface area contributed by atoms with Crippen molar-refractivity contribution >= 4 is 6.09 Å². The number of carbonyl (C=O) groups is 1. The quantitative estimate of drug-likeness (QED) is 0.477. The first-order valence-electron chi connectivity index (χ1n) is 10.3. The number of hydrogen-bond donors (Lipinski definition) is 2. The summed E-state index contributed by atoms with van der Waals surface area (Å²) in [5, 5.41) is 13.0. The van der Waals surface area contributed by atoms with Gasteiger partial charge in [0.05, 0.1) is 12.7 Å². The Morgan fingerprint density at radius 3 is 2.57 bits per heavy atom. The molecule has 160 valence electrons. The zero-order valence-electron chi connectivity index (χ0n) is 17.8. The Kier molecular flexibility index (Phi) is 11.6. The number of aliphatic hydroxyl groups is 1. The molecule has 0 aliphatic heterocycles. The molecule has 6 heteroatoms. The summed E-state index contributed by atoms with van der Waals surface area (Å²) in [6, 6.07) is 7.44. The van der Waals surface area contributed by atoms with Crippen molar-refractivity contribution in [3.8, 4) is 5.75 Å². The first-order chi connectivity index (χ1) is 13.3. The largest absolute Gasteiger partial charge is 0.494 e. The van der Waals surface area contributed by atoms with E-state index in [-0.39, 0.29) is 0 Å². The Morgan fingerprint density at radius 1 is 1.14 bits per heavy atom. The van der Waals surface area contributed by atoms with Crippen molar-refractivity contribution in [1.29, 1.82) is 0 Å². The molecule has 0 saturated heterocycles. The molecule has 0 aromatic heterocycles. The lowest BCUT2D eigenvalue weighted by Crippen LogP contribution is -2.33. The van der Waals surface area contributed by atoms with E-state index in [1.165, 1.54) is 0 Å². The van der Waals surface area contributed by atoms with Gasteiger partial charge in [-0.1, -0.05) is 25.5 Å². The van der Waals surface area contributed by atoms with Crippen LogP contribution in [-0.2, 0) is 9.47 Å². The maximum absolute atomic E-state index is 11.6. The molecule has 28 heavy (non-hydrogen) atoms. The molecule has 6 nitrogen and oxygen atoms in total. The highest BCUT2D eigenvalue weighted by Crippen LogP contribution is 2.21. The van der Waals surface area contributed by atoms with Gasteiger partial charge < -0.3 is 24.6 Å². The highest BCUT2D eigenvalue weighted by molar-refractivity contribution is 5.67. The molecular formula is C22H37NO5. The van der Waals surface area contributed by atoms with E-state index >= 15 is 0 Å². The predicted octanol–water partition coefficient (Wildman–Crippen LogP) is 4.61. The van der Waals surface area contributed by atoms with Crippen molar-refractivity contribution in [2.75, 3.05) is 26.4 Å². The van der Waals surface area contributed by atoms with Crippen molar-refractivity contribution in [1.82, 2.24) is 5.32 Å². The maximum Gasteiger partial charge on any atom is 0.407 e. The minimum Gasteiger partial charge on any atom is -0.494 e. The van der Waals surface area contributed by atoms with Crippen LogP contribution in [-0.4, -0.2) is 43.2 Å². The number of alkyl carbamates (subject to hydrolysis) is 1. The Labute approximate surface area is 169 Å². The number of carbonyl (C=O) groups excluding carboxylic acids is 1. The Bertz CT molecular complexity index is 556. The Morgan fingerprint density at radius 2 is 1.86 bits per heavy atom. The minimum absolute atomic E-state index is 0.333. The lowest BCUT2D eigenvalue weighted by Gasteiger charge is -2.20. The van der Waals surface area contributed by atoms with Crippen LogP contribution < -0.4 is 10.1 Å². The molecule has 1 atom stereocenters. The van der Waals surface area contributed by atoms with Crippen LogP contribution in [0, 0.1) is 0 Å². The fourth-order valence-corrected chi connectivity index (χ4v) is 2.45. The van der Waals surface area contributed by atoms with Gasteiger partial charge in [-0.05, 0) is 64.2 Å². The van der Waals surface area contributed by atoms with E-state index in [0.717, 1.165) is 50.2 Å². The van der Waals surface area contributed by atoms with Crippen molar-refractivity contribution in [2.45, 2.75) is 71.5 Å². The topological polar surface area (TPSA) is 77.0 Å². The van der Waals surface area contributed by atoms with Crippen molar-refractivity contribution in [3.63, 3.8) is 0 Å². The number of amides is 1. The van der Waals surface area contributed by atoms with E-state index < -0.39 is 17.8 Å². The molecule has 1 amide bonds. The summed E-state index contributed by atoms with van der Waals surface area (Å²) < 4.78 is 16.5. The van der Waals surface area contributed by atoms with Crippen LogP contribution in [0.3, 0.4) is 0 Å². The van der Waals surface area contributed by atoms with Crippen LogP contribution >= 0.6 is 0 Å².